The number of nitrogens with one attached hydrogen (secondary N) is 1. The molecule has 0 aliphatic rings. The molecule has 94 valence electrons. The molecule has 0 aliphatic heterocycles. The van der Waals surface area contributed by atoms with E-state index in [0.717, 1.165) is 28.2 Å². The summed E-state index contributed by atoms with van der Waals surface area (Å²) in [5.41, 5.74) is 0.633. The molecule has 2 N–H and O–H groups in total. The zero-order chi connectivity index (χ0) is 12.7. The Hall–Kier alpha value is -0.390. The van der Waals surface area contributed by atoms with Crippen molar-refractivity contribution in [2.45, 2.75) is 19.3 Å². The second-order valence-corrected chi connectivity index (χ2v) is 5.53. The summed E-state index contributed by atoms with van der Waals surface area (Å²) in [7, 11) is 0. The number of unbranched alkanes of at least 4 members (excludes halogenated alkanes) is 2. The van der Waals surface area contributed by atoms with E-state index in [2.05, 4.69) is 37.2 Å². The van der Waals surface area contributed by atoms with Gasteiger partial charge in [-0.2, -0.15) is 0 Å². The van der Waals surface area contributed by atoms with Crippen molar-refractivity contribution >= 4 is 37.8 Å². The monoisotopic (exact) mass is 363 g/mol. The number of carbonyl (C=O) groups excluding carboxylic acids is 1. The average Bonchev–Trinajstić information content (AvgIpc) is 2.27. The van der Waals surface area contributed by atoms with Crippen LogP contribution >= 0.6 is 31.9 Å². The van der Waals surface area contributed by atoms with Gasteiger partial charge in [0.15, 0.2) is 0 Å². The van der Waals surface area contributed by atoms with Crippen LogP contribution in [0, 0.1) is 0 Å². The van der Waals surface area contributed by atoms with Gasteiger partial charge in [-0.05, 0) is 37.5 Å². The molecule has 1 aromatic rings. The molecule has 1 aromatic carbocycles. The predicted molar refractivity (Wildman–Crippen MR) is 75.1 cm³/mol. The Labute approximate surface area is 118 Å². The summed E-state index contributed by atoms with van der Waals surface area (Å²) in [4.78, 5) is 11.8. The molecule has 0 bridgehead atoms. The number of amides is 1. The molecule has 0 fully saturated rings. The van der Waals surface area contributed by atoms with Crippen molar-refractivity contribution in [3.8, 4) is 0 Å². The van der Waals surface area contributed by atoms with E-state index < -0.39 is 0 Å². The zero-order valence-electron chi connectivity index (χ0n) is 9.38. The van der Waals surface area contributed by atoms with Crippen LogP contribution in [-0.2, 0) is 0 Å². The maximum Gasteiger partial charge on any atom is 0.251 e. The third kappa shape index (κ3) is 5.66. The Morgan fingerprint density at radius 2 is 1.76 bits per heavy atom. The number of hydrogen-bond donors (Lipinski definition) is 2. The van der Waals surface area contributed by atoms with Crippen LogP contribution in [0.5, 0.6) is 0 Å². The van der Waals surface area contributed by atoms with Crippen LogP contribution in [0.25, 0.3) is 0 Å². The Kier molecular flexibility index (Phi) is 6.77. The maximum absolute atomic E-state index is 11.8. The molecule has 0 heterocycles. The Bertz CT molecular complexity index is 363. The molecular weight excluding hydrogens is 350 g/mol. The zero-order valence-corrected chi connectivity index (χ0v) is 12.6. The number of aliphatic hydroxyl groups is 1. The number of aliphatic hydroxyl groups excluding tert-OH is 1. The van der Waals surface area contributed by atoms with E-state index in [-0.39, 0.29) is 12.5 Å². The van der Waals surface area contributed by atoms with Gasteiger partial charge in [0.05, 0.1) is 0 Å². The third-order valence-corrected chi connectivity index (χ3v) is 3.16. The van der Waals surface area contributed by atoms with Gasteiger partial charge in [-0.15, -0.1) is 0 Å². The summed E-state index contributed by atoms with van der Waals surface area (Å²) in [6.07, 6.45) is 2.61. The first-order valence-electron chi connectivity index (χ1n) is 5.48. The van der Waals surface area contributed by atoms with Crippen LogP contribution in [0.2, 0.25) is 0 Å². The predicted octanol–water partition coefficient (Wildman–Crippen LogP) is 3.10. The minimum absolute atomic E-state index is 0.0731. The Morgan fingerprint density at radius 1 is 1.12 bits per heavy atom. The molecule has 3 nitrogen and oxygen atoms in total. The smallest absolute Gasteiger partial charge is 0.251 e. The molecule has 1 amide bonds. The van der Waals surface area contributed by atoms with E-state index in [9.17, 15) is 4.79 Å². The first-order chi connectivity index (χ1) is 8.13. The van der Waals surface area contributed by atoms with E-state index in [4.69, 9.17) is 5.11 Å². The van der Waals surface area contributed by atoms with Gasteiger partial charge >= 0.3 is 0 Å². The van der Waals surface area contributed by atoms with Crippen LogP contribution < -0.4 is 5.32 Å². The van der Waals surface area contributed by atoms with Crippen LogP contribution in [0.3, 0.4) is 0 Å². The van der Waals surface area contributed by atoms with E-state index in [1.165, 1.54) is 0 Å². The van der Waals surface area contributed by atoms with Gasteiger partial charge in [-0.1, -0.05) is 31.9 Å². The number of benzene rings is 1. The number of rotatable bonds is 6. The van der Waals surface area contributed by atoms with E-state index >= 15 is 0 Å². The second-order valence-electron chi connectivity index (χ2n) is 3.70. The highest BCUT2D eigenvalue weighted by Gasteiger charge is 2.06. The lowest BCUT2D eigenvalue weighted by Gasteiger charge is -2.06. The highest BCUT2D eigenvalue weighted by molar-refractivity contribution is 9.11. The van der Waals surface area contributed by atoms with Gasteiger partial charge in [0.2, 0.25) is 0 Å². The lowest BCUT2D eigenvalue weighted by atomic mass is 10.2. The van der Waals surface area contributed by atoms with E-state index in [1.807, 2.05) is 6.07 Å². The summed E-state index contributed by atoms with van der Waals surface area (Å²) < 4.78 is 1.75. The molecule has 17 heavy (non-hydrogen) atoms. The normalized spacial score (nSPS) is 10.3. The molecule has 0 aliphatic carbocycles. The number of carbonyl (C=O) groups is 1. The van der Waals surface area contributed by atoms with Gasteiger partial charge in [-0.3, -0.25) is 4.79 Å². The van der Waals surface area contributed by atoms with Gasteiger partial charge in [0.25, 0.3) is 5.91 Å². The fourth-order valence-electron chi connectivity index (χ4n) is 1.40. The fraction of sp³-hybridized carbons (Fsp3) is 0.417. The Balaban J connectivity index is 2.41. The largest absolute Gasteiger partial charge is 0.396 e. The number of halogens is 2. The first-order valence-corrected chi connectivity index (χ1v) is 7.07. The molecule has 5 heteroatoms. The first kappa shape index (κ1) is 14.7. The lowest BCUT2D eigenvalue weighted by molar-refractivity contribution is 0.0952. The molecule has 0 atom stereocenters. The molecule has 0 spiro atoms. The van der Waals surface area contributed by atoms with Crippen LogP contribution in [-0.4, -0.2) is 24.2 Å². The van der Waals surface area contributed by atoms with Gasteiger partial charge in [0.1, 0.15) is 0 Å². The van der Waals surface area contributed by atoms with Gasteiger partial charge in [0, 0.05) is 27.7 Å². The molecule has 1 rings (SSSR count). The van der Waals surface area contributed by atoms with Crippen molar-refractivity contribution in [2.75, 3.05) is 13.2 Å². The van der Waals surface area contributed by atoms with Crippen molar-refractivity contribution in [1.29, 1.82) is 0 Å². The van der Waals surface area contributed by atoms with Crippen molar-refractivity contribution in [1.82, 2.24) is 5.32 Å². The second kappa shape index (κ2) is 7.84. The molecule has 0 radical (unpaired) electrons. The van der Waals surface area contributed by atoms with E-state index in [0.29, 0.717) is 12.1 Å². The summed E-state index contributed by atoms with van der Waals surface area (Å²) in [5, 5.41) is 11.5. The minimum Gasteiger partial charge on any atom is -0.396 e. The highest BCUT2D eigenvalue weighted by atomic mass is 79.9. The molecule has 0 saturated heterocycles. The summed E-state index contributed by atoms with van der Waals surface area (Å²) in [6, 6.07) is 5.46. The third-order valence-electron chi connectivity index (χ3n) is 2.25. The highest BCUT2D eigenvalue weighted by Crippen LogP contribution is 2.19. The Morgan fingerprint density at radius 3 is 2.35 bits per heavy atom. The SMILES string of the molecule is O=C(NCCCCCO)c1cc(Br)cc(Br)c1. The van der Waals surface area contributed by atoms with Crippen LogP contribution in [0.15, 0.2) is 27.1 Å². The van der Waals surface area contributed by atoms with Gasteiger partial charge in [-0.25, -0.2) is 0 Å². The van der Waals surface area contributed by atoms with Crippen molar-refractivity contribution in [2.24, 2.45) is 0 Å². The molecule has 0 saturated carbocycles. The molecule has 0 unspecified atom stereocenters. The summed E-state index contributed by atoms with van der Waals surface area (Å²) in [6.45, 7) is 0.857. The van der Waals surface area contributed by atoms with Crippen molar-refractivity contribution in [3.63, 3.8) is 0 Å². The van der Waals surface area contributed by atoms with Crippen molar-refractivity contribution < 1.29 is 9.90 Å². The standard InChI is InChI=1S/C12H15Br2NO2/c13-10-6-9(7-11(14)8-10)12(17)15-4-2-1-3-5-16/h6-8,16H,1-5H2,(H,15,17). The minimum atomic E-state index is -0.0731. The summed E-state index contributed by atoms with van der Waals surface area (Å²) in [5.74, 6) is -0.0731. The maximum atomic E-state index is 11.8. The van der Waals surface area contributed by atoms with Crippen LogP contribution in [0.4, 0.5) is 0 Å². The van der Waals surface area contributed by atoms with Crippen LogP contribution in [0.1, 0.15) is 29.6 Å². The van der Waals surface area contributed by atoms with E-state index in [1.54, 1.807) is 12.1 Å². The molecule has 0 aromatic heterocycles. The lowest BCUT2D eigenvalue weighted by Crippen LogP contribution is -2.24. The average molecular weight is 365 g/mol. The summed E-state index contributed by atoms with van der Waals surface area (Å²) >= 11 is 6.69. The molecular formula is C12H15Br2NO2. The topological polar surface area (TPSA) is 49.3 Å². The van der Waals surface area contributed by atoms with Gasteiger partial charge < -0.3 is 10.4 Å². The quantitative estimate of drug-likeness (QED) is 0.762. The number of hydrogen-bond acceptors (Lipinski definition) is 2. The van der Waals surface area contributed by atoms with Crippen molar-refractivity contribution in [3.05, 3.63) is 32.7 Å². The fourth-order valence-corrected chi connectivity index (χ4v) is 2.70.